The Hall–Kier alpha value is -5.65. The maximum Gasteiger partial charge on any atom is 0.238 e. The van der Waals surface area contributed by atoms with Crippen molar-refractivity contribution in [2.75, 3.05) is 0 Å². The molecule has 3 heterocycles. The van der Waals surface area contributed by atoms with Gasteiger partial charge in [0.2, 0.25) is 5.95 Å². The predicted molar refractivity (Wildman–Crippen MR) is 195 cm³/mol. The zero-order valence-electron chi connectivity index (χ0n) is 25.9. The summed E-state index contributed by atoms with van der Waals surface area (Å²) in [5, 5.41) is 5.09. The van der Waals surface area contributed by atoms with Gasteiger partial charge in [-0.25, -0.2) is 4.98 Å². The van der Waals surface area contributed by atoms with E-state index in [4.69, 9.17) is 15.0 Å². The minimum Gasteiger partial charge on any atom is -0.276 e. The van der Waals surface area contributed by atoms with Crippen molar-refractivity contribution in [2.45, 2.75) is 19.3 Å². The van der Waals surface area contributed by atoms with E-state index in [2.05, 4.69) is 115 Å². The highest BCUT2D eigenvalue weighted by Crippen LogP contribution is 2.58. The van der Waals surface area contributed by atoms with Gasteiger partial charge in [-0.2, -0.15) is 9.97 Å². The lowest BCUT2D eigenvalue weighted by Gasteiger charge is -2.23. The van der Waals surface area contributed by atoms with Crippen molar-refractivity contribution in [3.63, 3.8) is 0 Å². The summed E-state index contributed by atoms with van der Waals surface area (Å²) in [6, 6.07) is 47.0. The van der Waals surface area contributed by atoms with Crippen molar-refractivity contribution in [3.05, 3.63) is 145 Å². The number of benzene rings is 6. The fourth-order valence-electron chi connectivity index (χ4n) is 7.80. The summed E-state index contributed by atoms with van der Waals surface area (Å²) >= 11 is 1.87. The van der Waals surface area contributed by atoms with E-state index in [9.17, 15) is 0 Å². The third-order valence-corrected chi connectivity index (χ3v) is 11.0. The first-order valence-electron chi connectivity index (χ1n) is 16.0. The Kier molecular flexibility index (Phi) is 5.47. The molecule has 0 bridgehead atoms. The molecule has 1 aliphatic carbocycles. The smallest absolute Gasteiger partial charge is 0.238 e. The molecular formula is C42H28N4S. The minimum absolute atomic E-state index is 0.167. The summed E-state index contributed by atoms with van der Waals surface area (Å²) in [4.78, 5) is 15.5. The Labute approximate surface area is 275 Å². The fraction of sp³-hybridized carbons (Fsp3) is 0.0714. The fourth-order valence-corrected chi connectivity index (χ4v) is 9.05. The van der Waals surface area contributed by atoms with Crippen molar-refractivity contribution in [3.8, 4) is 39.9 Å². The largest absolute Gasteiger partial charge is 0.276 e. The quantitative estimate of drug-likeness (QED) is 0.197. The molecule has 0 aliphatic heterocycles. The lowest BCUT2D eigenvalue weighted by atomic mass is 9.80. The highest BCUT2D eigenvalue weighted by Gasteiger charge is 2.40. The minimum atomic E-state index is -0.167. The monoisotopic (exact) mass is 620 g/mol. The van der Waals surface area contributed by atoms with Crippen LogP contribution >= 0.6 is 11.3 Å². The Balaban J connectivity index is 1.44. The number of thiophene rings is 1. The molecule has 0 saturated carbocycles. The van der Waals surface area contributed by atoms with Crippen LogP contribution in [0.4, 0.5) is 0 Å². The molecule has 0 atom stereocenters. The molecule has 3 aromatic heterocycles. The van der Waals surface area contributed by atoms with Gasteiger partial charge in [0.25, 0.3) is 0 Å². The first kappa shape index (κ1) is 26.6. The lowest BCUT2D eigenvalue weighted by molar-refractivity contribution is 0.667. The van der Waals surface area contributed by atoms with Crippen molar-refractivity contribution >= 4 is 53.3 Å². The standard InChI is InChI=1S/C42H28N4S/c1-42(2)30-22-12-9-19-27(30)33-34-28-20-10-13-23-31(28)46(37(34)38-35(36(33)42)29-21-11-14-24-32(29)47-38)41-44-39(25-15-5-3-6-16-25)43-40(45-41)26-17-7-4-8-18-26/h3-24H,1-2H3. The second-order valence-electron chi connectivity index (χ2n) is 12.8. The van der Waals surface area contributed by atoms with E-state index in [0.29, 0.717) is 17.6 Å². The molecular weight excluding hydrogens is 593 g/mol. The van der Waals surface area contributed by atoms with E-state index < -0.39 is 0 Å². The highest BCUT2D eigenvalue weighted by atomic mass is 32.1. The maximum atomic E-state index is 5.24. The van der Waals surface area contributed by atoms with Gasteiger partial charge >= 0.3 is 0 Å². The highest BCUT2D eigenvalue weighted by molar-refractivity contribution is 7.26. The summed E-state index contributed by atoms with van der Waals surface area (Å²) in [5.74, 6) is 1.93. The molecule has 1 aliphatic rings. The van der Waals surface area contributed by atoms with Crippen molar-refractivity contribution < 1.29 is 0 Å². The Morgan fingerprint density at radius 3 is 1.89 bits per heavy atom. The Morgan fingerprint density at radius 1 is 0.574 bits per heavy atom. The van der Waals surface area contributed by atoms with Gasteiger partial charge in [0.15, 0.2) is 11.6 Å². The van der Waals surface area contributed by atoms with Gasteiger partial charge in [0.1, 0.15) is 0 Å². The van der Waals surface area contributed by atoms with E-state index in [1.807, 2.05) is 47.7 Å². The second kappa shape index (κ2) is 9.68. The van der Waals surface area contributed by atoms with E-state index >= 15 is 0 Å². The van der Waals surface area contributed by atoms with E-state index in [-0.39, 0.29) is 5.41 Å². The SMILES string of the molecule is CC1(C)c2ccccc2-c2c1c1c3ccccc3sc1c1c2c2ccccc2n1-c1nc(-c2ccccc2)nc(-c2ccccc2)n1. The first-order chi connectivity index (χ1) is 23.1. The van der Waals surface area contributed by atoms with E-state index in [0.717, 1.165) is 22.2 Å². The van der Waals surface area contributed by atoms with Crippen LogP contribution in [0.1, 0.15) is 25.0 Å². The van der Waals surface area contributed by atoms with Crippen LogP contribution in [0.2, 0.25) is 0 Å². The van der Waals surface area contributed by atoms with E-state index in [1.54, 1.807) is 0 Å². The summed E-state index contributed by atoms with van der Waals surface area (Å²) < 4.78 is 4.85. The van der Waals surface area contributed by atoms with Gasteiger partial charge in [0.05, 0.1) is 15.7 Å². The number of hydrogen-bond donors (Lipinski definition) is 0. The molecule has 9 aromatic rings. The maximum absolute atomic E-state index is 5.24. The van der Waals surface area contributed by atoms with Crippen molar-refractivity contribution in [2.24, 2.45) is 0 Å². The zero-order valence-corrected chi connectivity index (χ0v) is 26.7. The van der Waals surface area contributed by atoms with Gasteiger partial charge in [-0.15, -0.1) is 11.3 Å². The summed E-state index contributed by atoms with van der Waals surface area (Å²) in [6.07, 6.45) is 0. The molecule has 0 spiro atoms. The van der Waals surface area contributed by atoms with Gasteiger partial charge in [-0.05, 0) is 34.4 Å². The number of fused-ring (bicyclic) bond motifs is 12. The molecule has 6 aromatic carbocycles. The van der Waals surface area contributed by atoms with Crippen LogP contribution < -0.4 is 0 Å². The number of aromatic nitrogens is 4. The van der Waals surface area contributed by atoms with Crippen LogP contribution in [0.3, 0.4) is 0 Å². The third-order valence-electron chi connectivity index (χ3n) is 9.82. The van der Waals surface area contributed by atoms with Crippen LogP contribution in [-0.2, 0) is 5.41 Å². The molecule has 4 nitrogen and oxygen atoms in total. The van der Waals surface area contributed by atoms with Crippen molar-refractivity contribution in [1.29, 1.82) is 0 Å². The predicted octanol–water partition coefficient (Wildman–Crippen LogP) is 11.0. The number of hydrogen-bond acceptors (Lipinski definition) is 4. The molecule has 47 heavy (non-hydrogen) atoms. The van der Waals surface area contributed by atoms with Gasteiger partial charge < -0.3 is 0 Å². The topological polar surface area (TPSA) is 43.6 Å². The third kappa shape index (κ3) is 3.66. The number of rotatable bonds is 3. The zero-order chi connectivity index (χ0) is 31.3. The average Bonchev–Trinajstić information content (AvgIpc) is 3.75. The number of para-hydroxylation sites is 1. The molecule has 0 unspecified atom stereocenters. The summed E-state index contributed by atoms with van der Waals surface area (Å²) in [6.45, 7) is 4.78. The van der Waals surface area contributed by atoms with Crippen LogP contribution in [0, 0.1) is 0 Å². The molecule has 0 fully saturated rings. The average molecular weight is 621 g/mol. The van der Waals surface area contributed by atoms with Crippen LogP contribution in [0.15, 0.2) is 133 Å². The molecule has 10 rings (SSSR count). The summed E-state index contributed by atoms with van der Waals surface area (Å²) in [5.41, 5.74) is 9.39. The van der Waals surface area contributed by atoms with Crippen molar-refractivity contribution in [1.82, 2.24) is 19.5 Å². The molecule has 0 radical (unpaired) electrons. The first-order valence-corrected chi connectivity index (χ1v) is 16.8. The normalized spacial score (nSPS) is 13.5. The molecule has 0 amide bonds. The second-order valence-corrected chi connectivity index (χ2v) is 13.9. The van der Waals surface area contributed by atoms with Gasteiger partial charge in [0, 0.05) is 42.8 Å². The van der Waals surface area contributed by atoms with Crippen LogP contribution in [0.25, 0.3) is 81.8 Å². The van der Waals surface area contributed by atoms with Crippen LogP contribution in [-0.4, -0.2) is 19.5 Å². The van der Waals surface area contributed by atoms with Crippen LogP contribution in [0.5, 0.6) is 0 Å². The molecule has 5 heteroatoms. The lowest BCUT2D eigenvalue weighted by Crippen LogP contribution is -2.15. The molecule has 222 valence electrons. The Bertz CT molecular complexity index is 2640. The molecule has 0 N–H and O–H groups in total. The van der Waals surface area contributed by atoms with E-state index in [1.165, 1.54) is 53.2 Å². The molecule has 0 saturated heterocycles. The summed E-state index contributed by atoms with van der Waals surface area (Å²) in [7, 11) is 0. The van der Waals surface area contributed by atoms with Gasteiger partial charge in [-0.1, -0.05) is 135 Å². The number of nitrogens with zero attached hydrogens (tertiary/aromatic N) is 4. The van der Waals surface area contributed by atoms with Gasteiger partial charge in [-0.3, -0.25) is 4.57 Å². The Morgan fingerprint density at radius 2 is 1.17 bits per heavy atom.